The molecule has 5 nitrogen and oxygen atoms in total. The fourth-order valence-electron chi connectivity index (χ4n) is 3.86. The van der Waals surface area contributed by atoms with Crippen LogP contribution in [0.25, 0.3) is 11.1 Å². The molecule has 1 aliphatic heterocycles. The van der Waals surface area contributed by atoms with Gasteiger partial charge >= 0.3 is 5.97 Å². The highest BCUT2D eigenvalue weighted by Gasteiger charge is 2.42. The maximum atomic E-state index is 11.4. The highest BCUT2D eigenvalue weighted by atomic mass is 16.6. The molecular formula is C27H28O5. The molecule has 0 spiro atoms. The lowest BCUT2D eigenvalue weighted by atomic mass is 9.91. The first-order valence-corrected chi connectivity index (χ1v) is 10.7. The van der Waals surface area contributed by atoms with Gasteiger partial charge < -0.3 is 18.9 Å². The summed E-state index contributed by atoms with van der Waals surface area (Å²) < 4.78 is 21.8. The summed E-state index contributed by atoms with van der Waals surface area (Å²) in [5.41, 5.74) is 6.42. The third-order valence-electron chi connectivity index (χ3n) is 5.77. The van der Waals surface area contributed by atoms with Crippen LogP contribution >= 0.6 is 0 Å². The van der Waals surface area contributed by atoms with E-state index < -0.39 is 11.6 Å². The summed E-state index contributed by atoms with van der Waals surface area (Å²) in [5, 5.41) is 0. The van der Waals surface area contributed by atoms with Crippen LogP contribution in [0, 0.1) is 13.8 Å². The fraction of sp³-hybridized carbons (Fsp3) is 0.296. The van der Waals surface area contributed by atoms with Crippen LogP contribution in [0.4, 0.5) is 0 Å². The van der Waals surface area contributed by atoms with E-state index in [1.165, 1.54) is 29.4 Å². The topological polar surface area (TPSA) is 54.0 Å². The first-order valence-electron chi connectivity index (χ1n) is 10.7. The predicted molar refractivity (Wildman–Crippen MR) is 123 cm³/mol. The highest BCUT2D eigenvalue weighted by molar-refractivity contribution is 5.70. The first kappa shape index (κ1) is 22.1. The van der Waals surface area contributed by atoms with Crippen molar-refractivity contribution in [2.24, 2.45) is 0 Å². The molecule has 4 rings (SSSR count). The maximum Gasteiger partial charge on any atom is 0.331 e. The molecule has 32 heavy (non-hydrogen) atoms. The summed E-state index contributed by atoms with van der Waals surface area (Å²) in [4.78, 5) is 11.4. The van der Waals surface area contributed by atoms with Crippen molar-refractivity contribution < 1.29 is 23.7 Å². The van der Waals surface area contributed by atoms with Crippen molar-refractivity contribution in [2.45, 2.75) is 26.1 Å². The Hall–Kier alpha value is -3.15. The van der Waals surface area contributed by atoms with E-state index in [2.05, 4.69) is 61.0 Å². The number of aryl methyl sites for hydroxylation is 2. The Morgan fingerprint density at radius 3 is 2.44 bits per heavy atom. The number of benzene rings is 3. The van der Waals surface area contributed by atoms with E-state index >= 15 is 0 Å². The summed E-state index contributed by atoms with van der Waals surface area (Å²) in [5.74, 6) is 0.369. The Morgan fingerprint density at radius 2 is 1.78 bits per heavy atom. The monoisotopic (exact) mass is 432 g/mol. The lowest BCUT2D eigenvalue weighted by molar-refractivity contribution is -0.220. The fourth-order valence-corrected chi connectivity index (χ4v) is 3.86. The lowest BCUT2D eigenvalue weighted by Crippen LogP contribution is -2.49. The molecule has 0 amide bonds. The Balaban J connectivity index is 1.41. The van der Waals surface area contributed by atoms with Crippen molar-refractivity contribution in [1.82, 2.24) is 0 Å². The molecule has 5 heteroatoms. The number of methoxy groups -OCH3 is 1. The smallest absolute Gasteiger partial charge is 0.331 e. The molecule has 0 unspecified atom stereocenters. The van der Waals surface area contributed by atoms with Crippen LogP contribution in [0.15, 0.2) is 66.7 Å². The number of hydrogen-bond donors (Lipinski definition) is 0. The molecule has 0 bridgehead atoms. The van der Waals surface area contributed by atoms with Crippen LogP contribution in [-0.4, -0.2) is 32.9 Å². The van der Waals surface area contributed by atoms with Crippen molar-refractivity contribution in [3.8, 4) is 16.9 Å². The second kappa shape index (κ2) is 9.55. The van der Waals surface area contributed by atoms with Crippen molar-refractivity contribution in [2.75, 3.05) is 26.9 Å². The van der Waals surface area contributed by atoms with E-state index in [-0.39, 0.29) is 6.61 Å². The number of esters is 1. The Labute approximate surface area is 188 Å². The van der Waals surface area contributed by atoms with Crippen LogP contribution in [0.2, 0.25) is 0 Å². The number of ether oxygens (including phenoxy) is 4. The van der Waals surface area contributed by atoms with Crippen LogP contribution in [-0.2, 0) is 31.2 Å². The van der Waals surface area contributed by atoms with Gasteiger partial charge in [-0.3, -0.25) is 0 Å². The van der Waals surface area contributed by atoms with E-state index in [4.69, 9.17) is 14.2 Å². The van der Waals surface area contributed by atoms with E-state index in [1.54, 1.807) is 0 Å². The van der Waals surface area contributed by atoms with Gasteiger partial charge in [0.1, 0.15) is 24.6 Å². The highest BCUT2D eigenvalue weighted by Crippen LogP contribution is 2.35. The van der Waals surface area contributed by atoms with Gasteiger partial charge in [-0.1, -0.05) is 54.1 Å². The summed E-state index contributed by atoms with van der Waals surface area (Å²) >= 11 is 0. The molecule has 1 heterocycles. The minimum atomic E-state index is -0.604. The van der Waals surface area contributed by atoms with Gasteiger partial charge in [-0.05, 0) is 59.9 Å². The SMILES string of the molecule is COC(=O)COC1(c2ccc(OCc3cccc(-c4ccc(C)cc4C)c3)cc2)COC1. The van der Waals surface area contributed by atoms with Gasteiger partial charge in [0, 0.05) is 0 Å². The Bertz CT molecular complexity index is 1080. The van der Waals surface area contributed by atoms with Crippen molar-refractivity contribution in [3.63, 3.8) is 0 Å². The second-order valence-corrected chi connectivity index (χ2v) is 8.18. The molecule has 166 valence electrons. The minimum Gasteiger partial charge on any atom is -0.489 e. The first-order chi connectivity index (χ1) is 15.5. The molecule has 0 radical (unpaired) electrons. The van der Waals surface area contributed by atoms with Gasteiger partial charge in [0.25, 0.3) is 0 Å². The third-order valence-corrected chi connectivity index (χ3v) is 5.77. The number of carbonyl (C=O) groups excluding carboxylic acids is 1. The van der Waals surface area contributed by atoms with Gasteiger partial charge in [0.15, 0.2) is 0 Å². The molecule has 3 aromatic rings. The summed E-state index contributed by atoms with van der Waals surface area (Å²) in [6.45, 7) is 5.45. The molecule has 1 aliphatic rings. The Morgan fingerprint density at radius 1 is 1.00 bits per heavy atom. The van der Waals surface area contributed by atoms with Gasteiger partial charge in [-0.15, -0.1) is 0 Å². The number of carbonyl (C=O) groups is 1. The van der Waals surface area contributed by atoms with Crippen LogP contribution in [0.1, 0.15) is 22.3 Å². The maximum absolute atomic E-state index is 11.4. The third kappa shape index (κ3) is 4.85. The second-order valence-electron chi connectivity index (χ2n) is 8.18. The van der Waals surface area contributed by atoms with E-state index in [0.717, 1.165) is 16.9 Å². The molecule has 0 aromatic heterocycles. The molecule has 1 saturated heterocycles. The lowest BCUT2D eigenvalue weighted by Gasteiger charge is -2.41. The summed E-state index contributed by atoms with van der Waals surface area (Å²) in [6.07, 6.45) is 0. The van der Waals surface area contributed by atoms with Crippen LogP contribution in [0.5, 0.6) is 5.75 Å². The largest absolute Gasteiger partial charge is 0.489 e. The standard InChI is InChI=1S/C27H28O5/c1-19-7-12-25(20(2)13-19)22-6-4-5-21(14-22)15-31-24-10-8-23(9-11-24)27(17-30-18-27)32-16-26(28)29-3/h4-14H,15-18H2,1-3H3. The van der Waals surface area contributed by atoms with E-state index in [0.29, 0.717) is 19.8 Å². The molecule has 1 fully saturated rings. The van der Waals surface area contributed by atoms with Crippen LogP contribution < -0.4 is 4.74 Å². The predicted octanol–water partition coefficient (Wildman–Crippen LogP) is 4.96. The number of hydrogen-bond acceptors (Lipinski definition) is 5. The van der Waals surface area contributed by atoms with E-state index in [9.17, 15) is 4.79 Å². The quantitative estimate of drug-likeness (QED) is 0.471. The molecule has 0 N–H and O–H groups in total. The van der Waals surface area contributed by atoms with Crippen LogP contribution in [0.3, 0.4) is 0 Å². The van der Waals surface area contributed by atoms with Crippen molar-refractivity contribution in [3.05, 3.63) is 89.0 Å². The van der Waals surface area contributed by atoms with E-state index in [1.807, 2.05) is 24.3 Å². The normalized spacial score (nSPS) is 14.5. The molecule has 0 atom stereocenters. The summed E-state index contributed by atoms with van der Waals surface area (Å²) in [6, 6.07) is 22.7. The zero-order valence-corrected chi connectivity index (χ0v) is 18.7. The zero-order chi connectivity index (χ0) is 22.6. The summed E-state index contributed by atoms with van der Waals surface area (Å²) in [7, 11) is 1.35. The Kier molecular flexibility index (Phi) is 6.58. The molecular weight excluding hydrogens is 404 g/mol. The number of rotatable bonds is 8. The van der Waals surface area contributed by atoms with Crippen molar-refractivity contribution in [1.29, 1.82) is 0 Å². The molecule has 0 saturated carbocycles. The molecule has 3 aromatic carbocycles. The van der Waals surface area contributed by atoms with Gasteiger partial charge in [-0.2, -0.15) is 0 Å². The van der Waals surface area contributed by atoms with Gasteiger partial charge in [0.05, 0.1) is 20.3 Å². The van der Waals surface area contributed by atoms with Gasteiger partial charge in [0.2, 0.25) is 0 Å². The molecule has 0 aliphatic carbocycles. The average Bonchev–Trinajstić information content (AvgIpc) is 2.77. The minimum absolute atomic E-state index is 0.102. The zero-order valence-electron chi connectivity index (χ0n) is 18.7. The van der Waals surface area contributed by atoms with Crippen molar-refractivity contribution >= 4 is 5.97 Å². The van der Waals surface area contributed by atoms with Gasteiger partial charge in [-0.25, -0.2) is 4.79 Å². The average molecular weight is 433 g/mol.